The van der Waals surface area contributed by atoms with Crippen molar-refractivity contribution in [3.63, 3.8) is 0 Å². The Morgan fingerprint density at radius 2 is 2.14 bits per heavy atom. The Morgan fingerprint density at radius 1 is 1.45 bits per heavy atom. The number of rotatable bonds is 3. The van der Waals surface area contributed by atoms with Gasteiger partial charge in [-0.1, -0.05) is 31.0 Å². The normalized spacial score (nSPS) is 21.9. The molecule has 0 spiro atoms. The Balaban J connectivity index is 2.41. The topological polar surface area (TPSA) is 52.9 Å². The van der Waals surface area contributed by atoms with Crippen molar-refractivity contribution in [3.8, 4) is 0 Å². The fourth-order valence-electron chi connectivity index (χ4n) is 2.38. The van der Waals surface area contributed by atoms with Crippen LogP contribution in [0.25, 0.3) is 0 Å². The first-order chi connectivity index (χ1) is 10.2. The van der Waals surface area contributed by atoms with Crippen molar-refractivity contribution >= 4 is 11.6 Å². The summed E-state index contributed by atoms with van der Waals surface area (Å²) < 4.78 is 39.7. The maximum absolute atomic E-state index is 13.2. The SMILES string of the molecule is CCCC1=NN(C(=O)c2cccc(C)c2)C(O)(C(F)(F)F)C1. The Morgan fingerprint density at radius 3 is 2.68 bits per heavy atom. The molecule has 7 heteroatoms. The first-order valence-electron chi connectivity index (χ1n) is 6.95. The van der Waals surface area contributed by atoms with Gasteiger partial charge in [0, 0.05) is 17.7 Å². The van der Waals surface area contributed by atoms with Crippen molar-refractivity contribution in [1.29, 1.82) is 0 Å². The van der Waals surface area contributed by atoms with E-state index in [9.17, 15) is 23.1 Å². The number of amides is 1. The molecule has 0 aromatic heterocycles. The van der Waals surface area contributed by atoms with E-state index in [1.54, 1.807) is 26.0 Å². The van der Waals surface area contributed by atoms with E-state index in [0.717, 1.165) is 5.56 Å². The molecule has 22 heavy (non-hydrogen) atoms. The fourth-order valence-corrected chi connectivity index (χ4v) is 2.38. The maximum Gasteiger partial charge on any atom is 0.438 e. The summed E-state index contributed by atoms with van der Waals surface area (Å²) in [5.41, 5.74) is -2.32. The average molecular weight is 314 g/mol. The van der Waals surface area contributed by atoms with Crippen LogP contribution in [0.1, 0.15) is 42.1 Å². The highest BCUT2D eigenvalue weighted by molar-refractivity contribution is 5.98. The smallest absolute Gasteiger partial charge is 0.362 e. The van der Waals surface area contributed by atoms with Crippen LogP contribution in [0.3, 0.4) is 0 Å². The molecule has 1 aromatic carbocycles. The van der Waals surface area contributed by atoms with E-state index in [2.05, 4.69) is 5.10 Å². The van der Waals surface area contributed by atoms with Crippen LogP contribution in [0.5, 0.6) is 0 Å². The molecule has 1 unspecified atom stereocenters. The lowest BCUT2D eigenvalue weighted by Gasteiger charge is -2.32. The molecule has 0 aliphatic carbocycles. The Bertz CT molecular complexity index is 613. The van der Waals surface area contributed by atoms with E-state index < -0.39 is 24.2 Å². The molecular formula is C15H17F3N2O2. The molecular weight excluding hydrogens is 297 g/mol. The largest absolute Gasteiger partial charge is 0.438 e. The van der Waals surface area contributed by atoms with E-state index >= 15 is 0 Å². The Labute approximate surface area is 126 Å². The Kier molecular flexibility index (Phi) is 4.28. The van der Waals surface area contributed by atoms with Gasteiger partial charge < -0.3 is 5.11 Å². The molecule has 1 aliphatic heterocycles. The first kappa shape index (κ1) is 16.5. The number of nitrogens with zero attached hydrogens (tertiary/aromatic N) is 2. The van der Waals surface area contributed by atoms with Crippen molar-refractivity contribution < 1.29 is 23.1 Å². The van der Waals surface area contributed by atoms with Crippen LogP contribution in [-0.2, 0) is 0 Å². The number of hydrogen-bond donors (Lipinski definition) is 1. The second-order valence-corrected chi connectivity index (χ2v) is 5.39. The predicted molar refractivity (Wildman–Crippen MR) is 75.3 cm³/mol. The van der Waals surface area contributed by atoms with Gasteiger partial charge in [-0.25, -0.2) is 0 Å². The summed E-state index contributed by atoms with van der Waals surface area (Å²) in [5.74, 6) is -0.963. The third-order valence-electron chi connectivity index (χ3n) is 3.49. The summed E-state index contributed by atoms with van der Waals surface area (Å²) in [6.07, 6.45) is -4.80. The van der Waals surface area contributed by atoms with E-state index in [1.165, 1.54) is 12.1 Å². The highest BCUT2D eigenvalue weighted by Gasteiger charge is 2.63. The van der Waals surface area contributed by atoms with Crippen LogP contribution in [-0.4, -0.2) is 33.6 Å². The van der Waals surface area contributed by atoms with Crippen molar-refractivity contribution in [2.75, 3.05) is 0 Å². The molecule has 1 heterocycles. The number of carbonyl (C=O) groups excluding carboxylic acids is 1. The van der Waals surface area contributed by atoms with Crippen molar-refractivity contribution in [2.24, 2.45) is 5.10 Å². The lowest BCUT2D eigenvalue weighted by Crippen LogP contribution is -2.56. The molecule has 1 N–H and O–H groups in total. The maximum atomic E-state index is 13.2. The summed E-state index contributed by atoms with van der Waals surface area (Å²) >= 11 is 0. The van der Waals surface area contributed by atoms with Crippen LogP contribution in [0.4, 0.5) is 13.2 Å². The molecule has 2 rings (SSSR count). The van der Waals surface area contributed by atoms with Gasteiger partial charge in [-0.2, -0.15) is 23.3 Å². The van der Waals surface area contributed by atoms with Crippen molar-refractivity contribution in [2.45, 2.75) is 45.0 Å². The number of aryl methyl sites for hydroxylation is 1. The monoisotopic (exact) mass is 314 g/mol. The van der Waals surface area contributed by atoms with Gasteiger partial charge in [0.15, 0.2) is 0 Å². The number of aliphatic hydroxyl groups is 1. The second-order valence-electron chi connectivity index (χ2n) is 5.39. The van der Waals surface area contributed by atoms with Gasteiger partial charge in [0.25, 0.3) is 11.6 Å². The van der Waals surface area contributed by atoms with Gasteiger partial charge in [0.05, 0.1) is 0 Å². The Hall–Kier alpha value is -1.89. The minimum atomic E-state index is -4.98. The number of hydrogen-bond acceptors (Lipinski definition) is 3. The third-order valence-corrected chi connectivity index (χ3v) is 3.49. The molecule has 1 aliphatic rings. The summed E-state index contributed by atoms with van der Waals surface area (Å²) in [4.78, 5) is 12.4. The van der Waals surface area contributed by atoms with Gasteiger partial charge >= 0.3 is 6.18 Å². The zero-order valence-electron chi connectivity index (χ0n) is 12.3. The number of halogens is 3. The molecule has 0 saturated heterocycles. The minimum absolute atomic E-state index is 0.0594. The van der Waals surface area contributed by atoms with Gasteiger partial charge in [0.1, 0.15) is 0 Å². The van der Waals surface area contributed by atoms with Gasteiger partial charge in [-0.15, -0.1) is 0 Å². The highest BCUT2D eigenvalue weighted by Crippen LogP contribution is 2.41. The summed E-state index contributed by atoms with van der Waals surface area (Å²) in [6.45, 7) is 3.52. The molecule has 1 amide bonds. The first-order valence-corrected chi connectivity index (χ1v) is 6.95. The van der Waals surface area contributed by atoms with E-state index in [-0.39, 0.29) is 16.3 Å². The summed E-state index contributed by atoms with van der Waals surface area (Å²) in [7, 11) is 0. The number of carbonyl (C=O) groups is 1. The molecule has 1 atom stereocenters. The van der Waals surface area contributed by atoms with Crippen molar-refractivity contribution in [1.82, 2.24) is 5.01 Å². The molecule has 0 bridgehead atoms. The molecule has 4 nitrogen and oxygen atoms in total. The lowest BCUT2D eigenvalue weighted by molar-refractivity contribution is -0.297. The quantitative estimate of drug-likeness (QED) is 0.931. The van der Waals surface area contributed by atoms with E-state index in [4.69, 9.17) is 0 Å². The van der Waals surface area contributed by atoms with E-state index in [0.29, 0.717) is 12.8 Å². The fraction of sp³-hybridized carbons (Fsp3) is 0.467. The van der Waals surface area contributed by atoms with Crippen LogP contribution in [0, 0.1) is 6.92 Å². The molecule has 0 saturated carbocycles. The van der Waals surface area contributed by atoms with Gasteiger partial charge in [-0.3, -0.25) is 4.79 Å². The molecule has 0 radical (unpaired) electrons. The second kappa shape index (κ2) is 5.72. The molecule has 1 aromatic rings. The molecule has 0 fully saturated rings. The zero-order chi connectivity index (χ0) is 16.5. The van der Waals surface area contributed by atoms with Crippen molar-refractivity contribution in [3.05, 3.63) is 35.4 Å². The average Bonchev–Trinajstić information content (AvgIpc) is 2.76. The van der Waals surface area contributed by atoms with Crippen LogP contribution < -0.4 is 0 Å². The van der Waals surface area contributed by atoms with Crippen LogP contribution >= 0.6 is 0 Å². The van der Waals surface area contributed by atoms with Crippen LogP contribution in [0.2, 0.25) is 0 Å². The van der Waals surface area contributed by atoms with Gasteiger partial charge in [-0.05, 0) is 25.5 Å². The van der Waals surface area contributed by atoms with E-state index in [1.807, 2.05) is 0 Å². The van der Waals surface area contributed by atoms with Gasteiger partial charge in [0.2, 0.25) is 0 Å². The minimum Gasteiger partial charge on any atom is -0.362 e. The summed E-state index contributed by atoms with van der Waals surface area (Å²) in [6, 6.07) is 6.16. The predicted octanol–water partition coefficient (Wildman–Crippen LogP) is 3.25. The summed E-state index contributed by atoms with van der Waals surface area (Å²) in [5, 5.41) is 14.0. The lowest BCUT2D eigenvalue weighted by atomic mass is 10.0. The molecule has 120 valence electrons. The zero-order valence-corrected chi connectivity index (χ0v) is 12.3. The number of benzene rings is 1. The highest BCUT2D eigenvalue weighted by atomic mass is 19.4. The third kappa shape index (κ3) is 2.85. The number of hydrazone groups is 1. The standard InChI is InChI=1S/C15H17F3N2O2/c1-3-5-12-9-14(22,15(16,17)18)20(19-12)13(21)11-7-4-6-10(2)8-11/h4,6-8,22H,3,5,9H2,1-2H3. The number of alkyl halides is 3. The van der Waals surface area contributed by atoms with Crippen LogP contribution in [0.15, 0.2) is 29.4 Å².